The maximum absolute atomic E-state index is 13.6. The van der Waals surface area contributed by atoms with Crippen molar-refractivity contribution < 1.29 is 14.3 Å². The second kappa shape index (κ2) is 7.01. The largest absolute Gasteiger partial charge is 0.465 e. The van der Waals surface area contributed by atoms with E-state index < -0.39 is 6.09 Å². The number of hydrogen-bond acceptors (Lipinski definition) is 2. The van der Waals surface area contributed by atoms with E-state index >= 15 is 0 Å². The molecule has 126 valence electrons. The molecule has 1 aliphatic heterocycles. The zero-order valence-electron chi connectivity index (χ0n) is 13.7. The van der Waals surface area contributed by atoms with Crippen LogP contribution in [0, 0.1) is 5.82 Å². The van der Waals surface area contributed by atoms with E-state index in [9.17, 15) is 14.3 Å². The van der Waals surface area contributed by atoms with E-state index in [2.05, 4.69) is 4.90 Å². The molecule has 0 aromatic heterocycles. The van der Waals surface area contributed by atoms with E-state index in [0.29, 0.717) is 17.8 Å². The number of likely N-dealkylation sites (N-methyl/N-ethyl adjacent to an activating group) is 1. The van der Waals surface area contributed by atoms with E-state index in [0.717, 1.165) is 24.9 Å². The number of rotatable bonds is 4. The smallest absolute Gasteiger partial charge is 0.411 e. The van der Waals surface area contributed by atoms with Gasteiger partial charge in [-0.2, -0.15) is 0 Å². The minimum atomic E-state index is -0.987. The van der Waals surface area contributed by atoms with Gasteiger partial charge in [0.05, 0.1) is 5.69 Å². The topological polar surface area (TPSA) is 43.8 Å². The molecule has 1 unspecified atom stereocenters. The van der Waals surface area contributed by atoms with Crippen molar-refractivity contribution in [1.29, 1.82) is 0 Å². The number of halogens is 1. The van der Waals surface area contributed by atoms with Crippen molar-refractivity contribution in [1.82, 2.24) is 4.90 Å². The predicted octanol–water partition coefficient (Wildman–Crippen LogP) is 4.07. The lowest BCUT2D eigenvalue weighted by molar-refractivity contribution is 0.198. The Kier molecular flexibility index (Phi) is 4.81. The van der Waals surface area contributed by atoms with Crippen LogP contribution in [0.4, 0.5) is 14.9 Å². The fourth-order valence-electron chi connectivity index (χ4n) is 3.31. The second-order valence-corrected chi connectivity index (χ2v) is 6.20. The van der Waals surface area contributed by atoms with Crippen LogP contribution >= 0.6 is 0 Å². The van der Waals surface area contributed by atoms with Crippen LogP contribution in [0.3, 0.4) is 0 Å². The van der Waals surface area contributed by atoms with Gasteiger partial charge in [0.2, 0.25) is 0 Å². The molecule has 0 saturated carbocycles. The van der Waals surface area contributed by atoms with Crippen LogP contribution in [0.15, 0.2) is 48.5 Å². The molecule has 1 amide bonds. The molecule has 1 atom stereocenters. The van der Waals surface area contributed by atoms with Gasteiger partial charge in [-0.15, -0.1) is 0 Å². The standard InChI is InChI=1S/C19H21FN2O2/c1-21-11-5-8-16(21)13-22(19(23)24)18-10-3-2-9-17(18)14-6-4-7-15(20)12-14/h2-4,6-7,9-10,12,16H,5,8,11,13H2,1H3,(H,23,24). The summed E-state index contributed by atoms with van der Waals surface area (Å²) in [4.78, 5) is 15.5. The Bertz CT molecular complexity index is 735. The summed E-state index contributed by atoms with van der Waals surface area (Å²) in [6, 6.07) is 13.7. The average molecular weight is 328 g/mol. The summed E-state index contributed by atoms with van der Waals surface area (Å²) >= 11 is 0. The van der Waals surface area contributed by atoms with Crippen LogP contribution in [0.1, 0.15) is 12.8 Å². The zero-order valence-corrected chi connectivity index (χ0v) is 13.7. The Labute approximate surface area is 141 Å². The van der Waals surface area contributed by atoms with Crippen molar-refractivity contribution in [3.63, 3.8) is 0 Å². The van der Waals surface area contributed by atoms with Gasteiger partial charge in [0.15, 0.2) is 0 Å². The minimum absolute atomic E-state index is 0.210. The molecule has 2 aromatic carbocycles. The molecule has 1 heterocycles. The monoisotopic (exact) mass is 328 g/mol. The van der Waals surface area contributed by atoms with Crippen molar-refractivity contribution in [3.05, 3.63) is 54.3 Å². The molecule has 0 aliphatic carbocycles. The molecule has 0 radical (unpaired) electrons. The number of para-hydroxylation sites is 1. The van der Waals surface area contributed by atoms with Crippen LogP contribution in [0.25, 0.3) is 11.1 Å². The third-order valence-electron chi connectivity index (χ3n) is 4.63. The first kappa shape index (κ1) is 16.5. The lowest BCUT2D eigenvalue weighted by Crippen LogP contribution is -2.41. The molecule has 0 bridgehead atoms. The van der Waals surface area contributed by atoms with E-state index in [1.54, 1.807) is 18.2 Å². The normalized spacial score (nSPS) is 17.8. The van der Waals surface area contributed by atoms with Crippen LogP contribution in [-0.2, 0) is 0 Å². The van der Waals surface area contributed by atoms with Gasteiger partial charge in [-0.05, 0) is 50.2 Å². The first-order chi connectivity index (χ1) is 11.6. The Balaban J connectivity index is 1.98. The lowest BCUT2D eigenvalue weighted by atomic mass is 10.0. The molecule has 3 rings (SSSR count). The van der Waals surface area contributed by atoms with Crippen molar-refractivity contribution in [2.24, 2.45) is 0 Å². The fraction of sp³-hybridized carbons (Fsp3) is 0.316. The third kappa shape index (κ3) is 3.41. The van der Waals surface area contributed by atoms with Crippen molar-refractivity contribution in [2.45, 2.75) is 18.9 Å². The SMILES string of the molecule is CN1CCCC1CN(C(=O)O)c1ccccc1-c1cccc(F)c1. The van der Waals surface area contributed by atoms with Crippen molar-refractivity contribution >= 4 is 11.8 Å². The van der Waals surface area contributed by atoms with Gasteiger partial charge in [0.1, 0.15) is 5.82 Å². The molecule has 1 aliphatic rings. The molecule has 4 nitrogen and oxygen atoms in total. The van der Waals surface area contributed by atoms with Gasteiger partial charge in [0.25, 0.3) is 0 Å². The summed E-state index contributed by atoms with van der Waals surface area (Å²) in [6.07, 6.45) is 1.09. The third-order valence-corrected chi connectivity index (χ3v) is 4.63. The first-order valence-corrected chi connectivity index (χ1v) is 8.12. The molecule has 1 fully saturated rings. The second-order valence-electron chi connectivity index (χ2n) is 6.20. The average Bonchev–Trinajstić information content (AvgIpc) is 2.97. The molecule has 1 saturated heterocycles. The quantitative estimate of drug-likeness (QED) is 0.920. The highest BCUT2D eigenvalue weighted by molar-refractivity contribution is 5.92. The Hall–Kier alpha value is -2.40. The predicted molar refractivity (Wildman–Crippen MR) is 92.9 cm³/mol. The van der Waals surface area contributed by atoms with Gasteiger partial charge in [-0.3, -0.25) is 4.90 Å². The highest BCUT2D eigenvalue weighted by Gasteiger charge is 2.27. The summed E-state index contributed by atoms with van der Waals surface area (Å²) in [6.45, 7) is 1.40. The number of anilines is 1. The number of benzene rings is 2. The molecule has 24 heavy (non-hydrogen) atoms. The first-order valence-electron chi connectivity index (χ1n) is 8.12. The van der Waals surface area contributed by atoms with Crippen molar-refractivity contribution in [3.8, 4) is 11.1 Å². The molecular weight excluding hydrogens is 307 g/mol. The van der Waals surface area contributed by atoms with Gasteiger partial charge in [-0.1, -0.05) is 30.3 Å². The lowest BCUT2D eigenvalue weighted by Gasteiger charge is -2.28. The van der Waals surface area contributed by atoms with Crippen LogP contribution in [0.2, 0.25) is 0 Å². The molecule has 5 heteroatoms. The van der Waals surface area contributed by atoms with E-state index in [1.807, 2.05) is 25.2 Å². The highest BCUT2D eigenvalue weighted by Crippen LogP contribution is 2.32. The van der Waals surface area contributed by atoms with Crippen molar-refractivity contribution in [2.75, 3.05) is 25.0 Å². The zero-order chi connectivity index (χ0) is 17.1. The fourth-order valence-corrected chi connectivity index (χ4v) is 3.31. The van der Waals surface area contributed by atoms with Gasteiger partial charge in [-0.25, -0.2) is 9.18 Å². The van der Waals surface area contributed by atoms with Crippen LogP contribution < -0.4 is 4.90 Å². The summed E-state index contributed by atoms with van der Waals surface area (Å²) in [7, 11) is 2.02. The number of nitrogens with zero attached hydrogens (tertiary/aromatic N) is 2. The maximum atomic E-state index is 13.6. The summed E-state index contributed by atoms with van der Waals surface area (Å²) < 4.78 is 13.6. The van der Waals surface area contributed by atoms with E-state index in [-0.39, 0.29) is 11.9 Å². The number of carbonyl (C=O) groups is 1. The maximum Gasteiger partial charge on any atom is 0.411 e. The van der Waals surface area contributed by atoms with Crippen LogP contribution in [0.5, 0.6) is 0 Å². The van der Waals surface area contributed by atoms with Gasteiger partial charge < -0.3 is 10.0 Å². The van der Waals surface area contributed by atoms with E-state index in [1.165, 1.54) is 17.0 Å². The summed E-state index contributed by atoms with van der Waals surface area (Å²) in [5, 5.41) is 9.73. The number of amides is 1. The van der Waals surface area contributed by atoms with Gasteiger partial charge in [0, 0.05) is 18.2 Å². The van der Waals surface area contributed by atoms with Gasteiger partial charge >= 0.3 is 6.09 Å². The molecule has 0 spiro atoms. The number of carboxylic acid groups (broad SMARTS) is 1. The summed E-state index contributed by atoms with van der Waals surface area (Å²) in [5.41, 5.74) is 1.99. The highest BCUT2D eigenvalue weighted by atomic mass is 19.1. The molecule has 1 N–H and O–H groups in total. The Morgan fingerprint density at radius 1 is 1.29 bits per heavy atom. The van der Waals surface area contributed by atoms with Crippen LogP contribution in [-0.4, -0.2) is 42.3 Å². The Morgan fingerprint density at radius 3 is 2.75 bits per heavy atom. The number of likely N-dealkylation sites (tertiary alicyclic amines) is 1. The van der Waals surface area contributed by atoms with E-state index in [4.69, 9.17) is 0 Å². The summed E-state index contributed by atoms with van der Waals surface area (Å²) in [5.74, 6) is -0.334. The molecule has 2 aromatic rings. The minimum Gasteiger partial charge on any atom is -0.465 e. The number of hydrogen-bond donors (Lipinski definition) is 1. The Morgan fingerprint density at radius 2 is 2.08 bits per heavy atom. The molecular formula is C19H21FN2O2.